The van der Waals surface area contributed by atoms with Gasteiger partial charge in [0, 0.05) is 19.5 Å². The molecule has 1 spiro atoms. The van der Waals surface area contributed by atoms with E-state index < -0.39 is 11.7 Å². The van der Waals surface area contributed by atoms with Gasteiger partial charge in [0.25, 0.3) is 5.91 Å². The lowest BCUT2D eigenvalue weighted by atomic mass is 9.94. The van der Waals surface area contributed by atoms with Crippen LogP contribution in [0.25, 0.3) is 0 Å². The van der Waals surface area contributed by atoms with Crippen LogP contribution in [0.4, 0.5) is 13.2 Å². The molecule has 3 aromatic rings. The van der Waals surface area contributed by atoms with E-state index in [1.54, 1.807) is 12.1 Å². The van der Waals surface area contributed by atoms with Crippen LogP contribution in [0.2, 0.25) is 0 Å². The van der Waals surface area contributed by atoms with E-state index in [-0.39, 0.29) is 19.1 Å². The number of rotatable bonds is 9. The quantitative estimate of drug-likeness (QED) is 0.227. The highest BCUT2D eigenvalue weighted by atomic mass is 19.4. The first kappa shape index (κ1) is 26.8. The van der Waals surface area contributed by atoms with Crippen molar-refractivity contribution in [3.8, 4) is 5.75 Å². The number of ether oxygens (including phenoxy) is 1. The van der Waals surface area contributed by atoms with Crippen LogP contribution in [0, 0.1) is 5.41 Å². The fraction of sp³-hybridized carbons (Fsp3) is 0.355. The monoisotopic (exact) mass is 536 g/mol. The summed E-state index contributed by atoms with van der Waals surface area (Å²) in [6.07, 6.45) is 0.913. The molecular weight excluding hydrogens is 505 g/mol. The fourth-order valence-electron chi connectivity index (χ4n) is 4.84. The summed E-state index contributed by atoms with van der Waals surface area (Å²) >= 11 is 0. The van der Waals surface area contributed by atoms with Crippen molar-refractivity contribution in [2.45, 2.75) is 44.9 Å². The van der Waals surface area contributed by atoms with Crippen molar-refractivity contribution >= 4 is 11.6 Å². The second-order valence-corrected chi connectivity index (χ2v) is 10.4. The topological polar surface area (TPSA) is 51.1 Å². The molecule has 0 aromatic heterocycles. The Bertz CT molecular complexity index is 1280. The minimum absolute atomic E-state index is 0.00749. The molecule has 0 bridgehead atoms. The normalized spacial score (nSPS) is 16.7. The molecule has 204 valence electrons. The van der Waals surface area contributed by atoms with Crippen LogP contribution < -0.4 is 4.74 Å². The first-order chi connectivity index (χ1) is 18.8. The second-order valence-electron chi connectivity index (χ2n) is 10.4. The van der Waals surface area contributed by atoms with E-state index in [4.69, 9.17) is 9.57 Å². The zero-order chi connectivity index (χ0) is 27.3. The van der Waals surface area contributed by atoms with Gasteiger partial charge in [-0.15, -0.1) is 0 Å². The van der Waals surface area contributed by atoms with Gasteiger partial charge in [-0.05, 0) is 84.2 Å². The fourth-order valence-corrected chi connectivity index (χ4v) is 4.84. The van der Waals surface area contributed by atoms with Gasteiger partial charge in [0.2, 0.25) is 0 Å². The summed E-state index contributed by atoms with van der Waals surface area (Å²) in [5.74, 6) is 0.602. The van der Waals surface area contributed by atoms with Gasteiger partial charge in [0.05, 0.1) is 11.3 Å². The SMILES string of the molecule is O=C(COc1ccc(C(Cc2ccccc2)=NOCc2ccc(C(F)(F)F)cc2)cc1)N1CCC2(CC1)CC2. The summed E-state index contributed by atoms with van der Waals surface area (Å²) in [5, 5.41) is 4.33. The first-order valence-corrected chi connectivity index (χ1v) is 13.2. The number of likely N-dealkylation sites (tertiary alicyclic amines) is 1. The lowest BCUT2D eigenvalue weighted by molar-refractivity contribution is -0.137. The lowest BCUT2D eigenvalue weighted by Crippen LogP contribution is -2.41. The van der Waals surface area contributed by atoms with Crippen LogP contribution >= 0.6 is 0 Å². The third-order valence-corrected chi connectivity index (χ3v) is 7.59. The molecule has 1 aliphatic carbocycles. The van der Waals surface area contributed by atoms with Crippen LogP contribution in [-0.2, 0) is 28.8 Å². The highest BCUT2D eigenvalue weighted by Gasteiger charge is 2.45. The summed E-state index contributed by atoms with van der Waals surface area (Å²) in [7, 11) is 0. The molecule has 5 nitrogen and oxygen atoms in total. The summed E-state index contributed by atoms with van der Waals surface area (Å²) in [4.78, 5) is 20.0. The maximum absolute atomic E-state index is 12.8. The van der Waals surface area contributed by atoms with Gasteiger partial charge in [-0.25, -0.2) is 0 Å². The second kappa shape index (κ2) is 11.5. The van der Waals surface area contributed by atoms with Crippen LogP contribution in [0.15, 0.2) is 84.0 Å². The summed E-state index contributed by atoms with van der Waals surface area (Å²) in [6, 6.07) is 21.9. The number of carbonyl (C=O) groups excluding carboxylic acids is 1. The number of benzene rings is 3. The molecule has 2 aliphatic rings. The number of amides is 1. The zero-order valence-corrected chi connectivity index (χ0v) is 21.6. The van der Waals surface area contributed by atoms with Crippen molar-refractivity contribution in [1.29, 1.82) is 0 Å². The summed E-state index contributed by atoms with van der Waals surface area (Å²) < 4.78 is 44.2. The highest BCUT2D eigenvalue weighted by Crippen LogP contribution is 2.53. The molecule has 5 rings (SSSR count). The maximum atomic E-state index is 12.8. The maximum Gasteiger partial charge on any atom is 0.416 e. The van der Waals surface area contributed by atoms with Gasteiger partial charge < -0.3 is 14.5 Å². The molecule has 1 amide bonds. The molecule has 0 radical (unpaired) electrons. The van der Waals surface area contributed by atoms with Gasteiger partial charge in [-0.2, -0.15) is 13.2 Å². The van der Waals surface area contributed by atoms with Gasteiger partial charge >= 0.3 is 6.18 Å². The Balaban J connectivity index is 1.20. The van der Waals surface area contributed by atoms with Crippen LogP contribution in [0.5, 0.6) is 5.75 Å². The number of hydrogen-bond donors (Lipinski definition) is 0. The smallest absolute Gasteiger partial charge is 0.416 e. The number of alkyl halides is 3. The van der Waals surface area contributed by atoms with Crippen molar-refractivity contribution in [2.24, 2.45) is 10.6 Å². The van der Waals surface area contributed by atoms with Gasteiger partial charge in [0.1, 0.15) is 12.4 Å². The minimum atomic E-state index is -4.38. The molecule has 39 heavy (non-hydrogen) atoms. The average Bonchev–Trinajstić information content (AvgIpc) is 3.70. The molecule has 0 unspecified atom stereocenters. The number of nitrogens with zero attached hydrogens (tertiary/aromatic N) is 2. The predicted molar refractivity (Wildman–Crippen MR) is 142 cm³/mol. The average molecular weight is 537 g/mol. The molecule has 0 atom stereocenters. The van der Waals surface area contributed by atoms with E-state index >= 15 is 0 Å². The molecule has 3 aromatic carbocycles. The Hall–Kier alpha value is -3.81. The Morgan fingerprint density at radius 1 is 0.846 bits per heavy atom. The molecule has 1 aliphatic heterocycles. The Morgan fingerprint density at radius 3 is 2.13 bits per heavy atom. The summed E-state index contributed by atoms with van der Waals surface area (Å²) in [6.45, 7) is 1.67. The van der Waals surface area contributed by atoms with Crippen LogP contribution in [0.1, 0.15) is 47.9 Å². The van der Waals surface area contributed by atoms with Crippen molar-refractivity contribution in [1.82, 2.24) is 4.90 Å². The molecule has 8 heteroatoms. The first-order valence-electron chi connectivity index (χ1n) is 13.2. The number of piperidine rings is 1. The molecular formula is C31H31F3N2O3. The Kier molecular flexibility index (Phi) is 7.91. The minimum Gasteiger partial charge on any atom is -0.484 e. The van der Waals surface area contributed by atoms with Gasteiger partial charge in [-0.1, -0.05) is 47.6 Å². The van der Waals surface area contributed by atoms with Crippen molar-refractivity contribution in [3.05, 3.63) is 101 Å². The molecule has 1 heterocycles. The standard InChI is InChI=1S/C31H31F3N2O3/c32-31(33,34)26-10-6-24(7-11-26)21-39-35-28(20-23-4-2-1-3-5-23)25-8-12-27(13-9-25)38-22-29(37)36-18-16-30(14-15-30)17-19-36/h1-13H,14-22H2. The summed E-state index contributed by atoms with van der Waals surface area (Å²) in [5.41, 5.74) is 2.92. The third kappa shape index (κ3) is 7.19. The number of hydrogen-bond acceptors (Lipinski definition) is 4. The number of oxime groups is 1. The predicted octanol–water partition coefficient (Wildman–Crippen LogP) is 6.65. The zero-order valence-electron chi connectivity index (χ0n) is 21.6. The van der Waals surface area contributed by atoms with Crippen LogP contribution in [-0.4, -0.2) is 36.2 Å². The van der Waals surface area contributed by atoms with E-state index in [1.807, 2.05) is 47.4 Å². The number of carbonyl (C=O) groups is 1. The highest BCUT2D eigenvalue weighted by molar-refractivity contribution is 6.01. The third-order valence-electron chi connectivity index (χ3n) is 7.59. The molecule has 2 fully saturated rings. The van der Waals surface area contributed by atoms with Crippen LogP contribution in [0.3, 0.4) is 0 Å². The van der Waals surface area contributed by atoms with E-state index in [1.165, 1.54) is 25.0 Å². The molecule has 0 N–H and O–H groups in total. The molecule has 1 saturated heterocycles. The van der Waals surface area contributed by atoms with Crippen molar-refractivity contribution < 1.29 is 27.5 Å². The van der Waals surface area contributed by atoms with E-state index in [9.17, 15) is 18.0 Å². The lowest BCUT2D eigenvalue weighted by Gasteiger charge is -2.32. The van der Waals surface area contributed by atoms with E-state index in [0.717, 1.165) is 49.2 Å². The van der Waals surface area contributed by atoms with Gasteiger partial charge in [-0.3, -0.25) is 4.79 Å². The van der Waals surface area contributed by atoms with E-state index in [0.29, 0.717) is 28.9 Å². The van der Waals surface area contributed by atoms with Crippen molar-refractivity contribution in [2.75, 3.05) is 19.7 Å². The van der Waals surface area contributed by atoms with Crippen molar-refractivity contribution in [3.63, 3.8) is 0 Å². The molecule has 1 saturated carbocycles. The Morgan fingerprint density at radius 2 is 1.51 bits per heavy atom. The van der Waals surface area contributed by atoms with E-state index in [2.05, 4.69) is 5.16 Å². The van der Waals surface area contributed by atoms with Gasteiger partial charge in [0.15, 0.2) is 6.61 Å². The Labute approximate surface area is 226 Å². The largest absolute Gasteiger partial charge is 0.484 e. The number of halogens is 3.